The summed E-state index contributed by atoms with van der Waals surface area (Å²) in [6.45, 7) is 1.84. The van der Waals surface area contributed by atoms with Gasteiger partial charge in [-0.15, -0.1) is 0 Å². The van der Waals surface area contributed by atoms with Crippen LogP contribution in [0.15, 0.2) is 24.3 Å². The van der Waals surface area contributed by atoms with Gasteiger partial charge in [0, 0.05) is 19.2 Å². The van der Waals surface area contributed by atoms with E-state index in [1.807, 2.05) is 0 Å². The molecule has 0 aliphatic carbocycles. The molecule has 20 heavy (non-hydrogen) atoms. The summed E-state index contributed by atoms with van der Waals surface area (Å²) in [7, 11) is 1.73. The molecule has 1 aliphatic heterocycles. The highest BCUT2D eigenvalue weighted by molar-refractivity contribution is 5.98. The number of carbonyl (C=O) groups excluding carboxylic acids is 1. The van der Waals surface area contributed by atoms with Crippen LogP contribution in [0.3, 0.4) is 0 Å². The summed E-state index contributed by atoms with van der Waals surface area (Å²) in [4.78, 5) is 24.6. The highest BCUT2D eigenvalue weighted by atomic mass is 16.6. The second-order valence-electron chi connectivity index (χ2n) is 5.03. The topological polar surface area (TPSA) is 75.5 Å². The van der Waals surface area contributed by atoms with Crippen LogP contribution in [-0.4, -0.2) is 41.9 Å². The third-order valence-electron chi connectivity index (χ3n) is 3.74. The van der Waals surface area contributed by atoms with Gasteiger partial charge in [-0.1, -0.05) is 12.1 Å². The molecule has 0 saturated carbocycles. The summed E-state index contributed by atoms with van der Waals surface area (Å²) in [6.07, 6.45) is 2.82. The molecule has 6 nitrogen and oxygen atoms in total. The van der Waals surface area contributed by atoms with Gasteiger partial charge in [0.05, 0.1) is 4.92 Å². The lowest BCUT2D eigenvalue weighted by Crippen LogP contribution is -2.37. The minimum Gasteiger partial charge on any atom is -0.338 e. The van der Waals surface area contributed by atoms with Crippen LogP contribution in [0.2, 0.25) is 0 Å². The number of benzene rings is 1. The number of nitrogens with one attached hydrogen (secondary N) is 1. The van der Waals surface area contributed by atoms with E-state index >= 15 is 0 Å². The molecule has 2 rings (SSSR count). The Morgan fingerprint density at radius 3 is 2.85 bits per heavy atom. The number of nitrogens with zero attached hydrogens (tertiary/aromatic N) is 2. The van der Waals surface area contributed by atoms with E-state index in [-0.39, 0.29) is 23.2 Å². The quantitative estimate of drug-likeness (QED) is 0.675. The third-order valence-corrected chi connectivity index (χ3v) is 3.74. The number of hydrogen-bond acceptors (Lipinski definition) is 4. The average molecular weight is 277 g/mol. The van der Waals surface area contributed by atoms with Crippen molar-refractivity contribution >= 4 is 11.6 Å². The highest BCUT2D eigenvalue weighted by Crippen LogP contribution is 2.22. The summed E-state index contributed by atoms with van der Waals surface area (Å²) in [5.41, 5.74) is 0.0355. The summed E-state index contributed by atoms with van der Waals surface area (Å²) in [6, 6.07) is 6.26. The maximum absolute atomic E-state index is 12.5. The molecule has 1 saturated heterocycles. The van der Waals surface area contributed by atoms with Crippen molar-refractivity contribution in [2.24, 2.45) is 0 Å². The molecule has 1 unspecified atom stereocenters. The van der Waals surface area contributed by atoms with Gasteiger partial charge >= 0.3 is 0 Å². The molecule has 0 bridgehead atoms. The van der Waals surface area contributed by atoms with Gasteiger partial charge in [0.2, 0.25) is 0 Å². The molecule has 0 radical (unpaired) electrons. The van der Waals surface area contributed by atoms with Crippen LogP contribution in [0, 0.1) is 10.1 Å². The summed E-state index contributed by atoms with van der Waals surface area (Å²) in [5, 5.41) is 14.3. The smallest absolute Gasteiger partial charge is 0.282 e. The lowest BCUT2D eigenvalue weighted by molar-refractivity contribution is -0.385. The second kappa shape index (κ2) is 6.47. The molecule has 0 spiro atoms. The van der Waals surface area contributed by atoms with Gasteiger partial charge < -0.3 is 10.2 Å². The Morgan fingerprint density at radius 2 is 2.10 bits per heavy atom. The highest BCUT2D eigenvalue weighted by Gasteiger charge is 2.26. The van der Waals surface area contributed by atoms with Gasteiger partial charge in [0.1, 0.15) is 5.56 Å². The van der Waals surface area contributed by atoms with Crippen molar-refractivity contribution < 1.29 is 9.72 Å². The summed E-state index contributed by atoms with van der Waals surface area (Å²) < 4.78 is 0. The van der Waals surface area contributed by atoms with E-state index in [2.05, 4.69) is 5.32 Å². The van der Waals surface area contributed by atoms with Crippen molar-refractivity contribution in [2.45, 2.75) is 25.3 Å². The van der Waals surface area contributed by atoms with Crippen molar-refractivity contribution in [2.75, 3.05) is 20.1 Å². The Hall–Kier alpha value is -1.95. The Labute approximate surface area is 117 Å². The zero-order valence-corrected chi connectivity index (χ0v) is 11.5. The average Bonchev–Trinajstić information content (AvgIpc) is 2.74. The Morgan fingerprint density at radius 1 is 1.35 bits per heavy atom. The van der Waals surface area contributed by atoms with Crippen LogP contribution in [0.1, 0.15) is 29.6 Å². The van der Waals surface area contributed by atoms with Gasteiger partial charge in [0.15, 0.2) is 0 Å². The van der Waals surface area contributed by atoms with Crippen LogP contribution in [0.5, 0.6) is 0 Å². The number of para-hydroxylation sites is 1. The summed E-state index contributed by atoms with van der Waals surface area (Å²) in [5.74, 6) is -0.274. The first-order valence-electron chi connectivity index (χ1n) is 6.82. The van der Waals surface area contributed by atoms with Crippen LogP contribution >= 0.6 is 0 Å². The number of rotatable bonds is 3. The first-order chi connectivity index (χ1) is 9.61. The molecule has 1 heterocycles. The number of nitro benzene ring substituents is 1. The summed E-state index contributed by atoms with van der Waals surface area (Å²) >= 11 is 0. The lowest BCUT2D eigenvalue weighted by atomic mass is 10.1. The predicted molar refractivity (Wildman–Crippen MR) is 75.7 cm³/mol. The van der Waals surface area contributed by atoms with E-state index in [0.717, 1.165) is 32.4 Å². The fourth-order valence-electron chi connectivity index (χ4n) is 2.56. The van der Waals surface area contributed by atoms with E-state index in [4.69, 9.17) is 0 Å². The zero-order valence-electron chi connectivity index (χ0n) is 11.5. The minimum absolute atomic E-state index is 0.129. The Balaban J connectivity index is 2.19. The molecule has 0 aromatic heterocycles. The van der Waals surface area contributed by atoms with Crippen molar-refractivity contribution in [3.63, 3.8) is 0 Å². The number of nitro groups is 1. The molecule has 1 aliphatic rings. The second-order valence-corrected chi connectivity index (χ2v) is 5.03. The van der Waals surface area contributed by atoms with Crippen LogP contribution in [0.25, 0.3) is 0 Å². The third kappa shape index (κ3) is 3.14. The number of carbonyl (C=O) groups is 1. The van der Waals surface area contributed by atoms with Gasteiger partial charge in [-0.3, -0.25) is 14.9 Å². The van der Waals surface area contributed by atoms with Crippen molar-refractivity contribution in [3.05, 3.63) is 39.9 Å². The van der Waals surface area contributed by atoms with Crippen LogP contribution in [-0.2, 0) is 0 Å². The maximum atomic E-state index is 12.5. The van der Waals surface area contributed by atoms with E-state index in [1.165, 1.54) is 12.1 Å². The normalized spacial score (nSPS) is 19.1. The standard InChI is InChI=1S/C14H19N3O3/c1-16(11-5-4-9-15-10-8-11)14(18)12-6-2-3-7-13(12)17(19)20/h2-3,6-7,11,15H,4-5,8-10H2,1H3. The van der Waals surface area contributed by atoms with Gasteiger partial charge in [-0.2, -0.15) is 0 Å². The first-order valence-corrected chi connectivity index (χ1v) is 6.82. The Kier molecular flexibility index (Phi) is 4.68. The zero-order chi connectivity index (χ0) is 14.5. The van der Waals surface area contributed by atoms with Gasteiger partial charge in [0.25, 0.3) is 11.6 Å². The van der Waals surface area contributed by atoms with Crippen LogP contribution < -0.4 is 5.32 Å². The predicted octanol–water partition coefficient (Wildman–Crippen LogP) is 1.81. The molecule has 1 amide bonds. The Bertz CT molecular complexity index is 496. The molecule has 1 aromatic rings. The van der Waals surface area contributed by atoms with Crippen molar-refractivity contribution in [3.8, 4) is 0 Å². The van der Waals surface area contributed by atoms with E-state index in [1.54, 1.807) is 24.1 Å². The van der Waals surface area contributed by atoms with E-state index in [0.29, 0.717) is 0 Å². The fourth-order valence-corrected chi connectivity index (χ4v) is 2.56. The monoisotopic (exact) mass is 277 g/mol. The van der Waals surface area contributed by atoms with E-state index < -0.39 is 4.92 Å². The molecular weight excluding hydrogens is 258 g/mol. The lowest BCUT2D eigenvalue weighted by Gasteiger charge is -2.27. The molecule has 1 fully saturated rings. The molecule has 1 atom stereocenters. The van der Waals surface area contributed by atoms with Crippen molar-refractivity contribution in [1.82, 2.24) is 10.2 Å². The van der Waals surface area contributed by atoms with E-state index in [9.17, 15) is 14.9 Å². The van der Waals surface area contributed by atoms with Gasteiger partial charge in [-0.05, 0) is 38.4 Å². The van der Waals surface area contributed by atoms with Gasteiger partial charge in [-0.25, -0.2) is 0 Å². The fraction of sp³-hybridized carbons (Fsp3) is 0.500. The molecule has 108 valence electrons. The largest absolute Gasteiger partial charge is 0.338 e. The molecular formula is C14H19N3O3. The molecule has 1 N–H and O–H groups in total. The van der Waals surface area contributed by atoms with Crippen LogP contribution in [0.4, 0.5) is 5.69 Å². The number of hydrogen-bond donors (Lipinski definition) is 1. The number of amides is 1. The molecule has 1 aromatic carbocycles. The SMILES string of the molecule is CN(C(=O)c1ccccc1[N+](=O)[O-])C1CCCNCC1. The maximum Gasteiger partial charge on any atom is 0.282 e. The first kappa shape index (κ1) is 14.5. The van der Waals surface area contributed by atoms with Crippen molar-refractivity contribution in [1.29, 1.82) is 0 Å². The minimum atomic E-state index is -0.504. The molecule has 6 heteroatoms.